The third-order valence-electron chi connectivity index (χ3n) is 3.78. The summed E-state index contributed by atoms with van der Waals surface area (Å²) in [6.45, 7) is 0.417. The number of H-pyrrole nitrogens is 1. The van der Waals surface area contributed by atoms with Gasteiger partial charge in [0, 0.05) is 20.3 Å². The first-order valence-electron chi connectivity index (χ1n) is 8.03. The SMILES string of the molecule is COCCCn1c(O)c(C(=O)C=Cc2ccc(OC)c(O)c2)c(=O)[nH]c1=O. The van der Waals surface area contributed by atoms with Crippen LogP contribution in [0.15, 0.2) is 33.9 Å². The molecular weight excluding hydrogens is 356 g/mol. The fourth-order valence-corrected chi connectivity index (χ4v) is 2.42. The highest BCUT2D eigenvalue weighted by atomic mass is 16.5. The smallest absolute Gasteiger partial charge is 0.331 e. The second-order valence-corrected chi connectivity index (χ2v) is 5.58. The Hall–Kier alpha value is -3.33. The number of aromatic amines is 1. The maximum absolute atomic E-state index is 12.4. The molecule has 144 valence electrons. The van der Waals surface area contributed by atoms with Gasteiger partial charge in [0.1, 0.15) is 5.56 Å². The van der Waals surface area contributed by atoms with E-state index < -0.39 is 28.5 Å². The van der Waals surface area contributed by atoms with Crippen LogP contribution in [-0.4, -0.2) is 46.4 Å². The van der Waals surface area contributed by atoms with Crippen LogP contribution in [0.2, 0.25) is 0 Å². The molecule has 0 saturated carbocycles. The first-order chi connectivity index (χ1) is 12.9. The third-order valence-corrected chi connectivity index (χ3v) is 3.78. The zero-order valence-corrected chi connectivity index (χ0v) is 14.9. The molecule has 0 saturated heterocycles. The number of hydrogen-bond acceptors (Lipinski definition) is 7. The van der Waals surface area contributed by atoms with Crippen LogP contribution in [0.25, 0.3) is 6.08 Å². The van der Waals surface area contributed by atoms with Gasteiger partial charge in [-0.1, -0.05) is 12.1 Å². The lowest BCUT2D eigenvalue weighted by molar-refractivity contribution is 0.104. The van der Waals surface area contributed by atoms with Gasteiger partial charge in [0.2, 0.25) is 5.88 Å². The number of phenols is 1. The Morgan fingerprint density at radius 3 is 2.63 bits per heavy atom. The van der Waals surface area contributed by atoms with Gasteiger partial charge in [0.25, 0.3) is 5.56 Å². The molecule has 0 unspecified atom stereocenters. The van der Waals surface area contributed by atoms with E-state index in [-0.39, 0.29) is 18.0 Å². The predicted octanol–water partition coefficient (Wildman–Crippen LogP) is 0.889. The molecule has 0 amide bonds. The number of benzene rings is 1. The van der Waals surface area contributed by atoms with Crippen molar-refractivity contribution < 1.29 is 24.5 Å². The van der Waals surface area contributed by atoms with Gasteiger partial charge in [-0.2, -0.15) is 0 Å². The number of carbonyl (C=O) groups is 1. The van der Waals surface area contributed by atoms with Crippen molar-refractivity contribution in [2.75, 3.05) is 20.8 Å². The molecule has 0 fully saturated rings. The van der Waals surface area contributed by atoms with E-state index in [2.05, 4.69) is 0 Å². The van der Waals surface area contributed by atoms with Gasteiger partial charge < -0.3 is 19.7 Å². The summed E-state index contributed by atoms with van der Waals surface area (Å²) in [4.78, 5) is 38.2. The fourth-order valence-electron chi connectivity index (χ4n) is 2.42. The summed E-state index contributed by atoms with van der Waals surface area (Å²) in [6, 6.07) is 4.48. The van der Waals surface area contributed by atoms with E-state index in [4.69, 9.17) is 9.47 Å². The molecule has 9 heteroatoms. The van der Waals surface area contributed by atoms with Crippen molar-refractivity contribution in [3.63, 3.8) is 0 Å². The Balaban J connectivity index is 2.32. The zero-order valence-electron chi connectivity index (χ0n) is 14.9. The van der Waals surface area contributed by atoms with Gasteiger partial charge >= 0.3 is 5.69 Å². The fraction of sp³-hybridized carbons (Fsp3) is 0.278. The number of rotatable bonds is 8. The molecular formula is C18H20N2O7. The number of ether oxygens (including phenoxy) is 2. The van der Waals surface area contributed by atoms with E-state index in [1.165, 1.54) is 32.4 Å². The topological polar surface area (TPSA) is 131 Å². The van der Waals surface area contributed by atoms with Crippen LogP contribution >= 0.6 is 0 Å². The Labute approximate surface area is 154 Å². The van der Waals surface area contributed by atoms with E-state index in [9.17, 15) is 24.6 Å². The molecule has 9 nitrogen and oxygen atoms in total. The lowest BCUT2D eigenvalue weighted by Crippen LogP contribution is -2.33. The minimum Gasteiger partial charge on any atom is -0.504 e. The maximum Gasteiger partial charge on any atom is 0.331 e. The summed E-state index contributed by atoms with van der Waals surface area (Å²) in [6.07, 6.45) is 2.83. The van der Waals surface area contributed by atoms with Crippen LogP contribution in [0.4, 0.5) is 0 Å². The Kier molecular flexibility index (Phi) is 6.56. The van der Waals surface area contributed by atoms with Crippen LogP contribution in [0.5, 0.6) is 17.4 Å². The van der Waals surface area contributed by atoms with Gasteiger partial charge in [-0.25, -0.2) is 4.79 Å². The van der Waals surface area contributed by atoms with Gasteiger partial charge in [-0.15, -0.1) is 0 Å². The van der Waals surface area contributed by atoms with Crippen molar-refractivity contribution >= 4 is 11.9 Å². The number of carbonyl (C=O) groups excluding carboxylic acids is 1. The summed E-state index contributed by atoms with van der Waals surface area (Å²) in [5.74, 6) is -1.33. The highest BCUT2D eigenvalue weighted by Gasteiger charge is 2.19. The van der Waals surface area contributed by atoms with E-state index in [0.717, 1.165) is 10.6 Å². The minimum absolute atomic E-state index is 0.0750. The molecule has 2 rings (SSSR count). The number of phenolic OH excluding ortho intramolecular Hbond substituents is 1. The van der Waals surface area contributed by atoms with Crippen LogP contribution in [0.3, 0.4) is 0 Å². The summed E-state index contributed by atoms with van der Waals surface area (Å²) in [5.41, 5.74) is -1.85. The molecule has 0 bridgehead atoms. The first-order valence-corrected chi connectivity index (χ1v) is 8.03. The van der Waals surface area contributed by atoms with Crippen molar-refractivity contribution in [2.24, 2.45) is 0 Å². The summed E-state index contributed by atoms with van der Waals surface area (Å²) < 4.78 is 10.7. The molecule has 2 aromatic rings. The monoisotopic (exact) mass is 376 g/mol. The van der Waals surface area contributed by atoms with Crippen LogP contribution in [-0.2, 0) is 11.3 Å². The Morgan fingerprint density at radius 2 is 2.00 bits per heavy atom. The average molecular weight is 376 g/mol. The van der Waals surface area contributed by atoms with Crippen LogP contribution < -0.4 is 16.0 Å². The molecule has 0 aliphatic heterocycles. The van der Waals surface area contributed by atoms with Crippen LogP contribution in [0, 0.1) is 0 Å². The van der Waals surface area contributed by atoms with E-state index in [1.807, 2.05) is 4.98 Å². The standard InChI is InChI=1S/C18H20N2O7/c1-26-9-3-8-20-17(24)15(16(23)19-18(20)25)12(21)6-4-11-5-7-14(27-2)13(22)10-11/h4-7,10,22,24H,3,8-9H2,1-2H3,(H,19,23,25). The van der Waals surface area contributed by atoms with Crippen molar-refractivity contribution in [3.05, 3.63) is 56.2 Å². The summed E-state index contributed by atoms with van der Waals surface area (Å²) in [7, 11) is 2.90. The minimum atomic E-state index is -0.979. The van der Waals surface area contributed by atoms with Gasteiger partial charge in [0.15, 0.2) is 17.3 Å². The first kappa shape index (κ1) is 20.0. The number of methoxy groups -OCH3 is 2. The quantitative estimate of drug-likeness (QED) is 0.354. The second-order valence-electron chi connectivity index (χ2n) is 5.58. The van der Waals surface area contributed by atoms with Crippen molar-refractivity contribution in [3.8, 4) is 17.4 Å². The number of nitrogens with zero attached hydrogens (tertiary/aromatic N) is 1. The Morgan fingerprint density at radius 1 is 1.26 bits per heavy atom. The molecule has 0 radical (unpaired) electrons. The number of hydrogen-bond donors (Lipinski definition) is 3. The molecule has 3 N–H and O–H groups in total. The molecule has 0 atom stereocenters. The van der Waals surface area contributed by atoms with E-state index in [1.54, 1.807) is 6.07 Å². The highest BCUT2D eigenvalue weighted by Crippen LogP contribution is 2.26. The van der Waals surface area contributed by atoms with Gasteiger partial charge in [-0.05, 0) is 30.2 Å². The number of aromatic hydroxyl groups is 2. The second kappa shape index (κ2) is 8.86. The van der Waals surface area contributed by atoms with E-state index in [0.29, 0.717) is 18.6 Å². The number of ketones is 1. The molecule has 0 aliphatic carbocycles. The molecule has 0 aliphatic rings. The number of allylic oxidation sites excluding steroid dienone is 1. The molecule has 27 heavy (non-hydrogen) atoms. The maximum atomic E-state index is 12.4. The molecule has 1 heterocycles. The summed E-state index contributed by atoms with van der Waals surface area (Å²) in [5, 5.41) is 20.0. The van der Waals surface area contributed by atoms with Gasteiger partial charge in [-0.3, -0.25) is 19.1 Å². The predicted molar refractivity (Wildman–Crippen MR) is 97.5 cm³/mol. The largest absolute Gasteiger partial charge is 0.504 e. The van der Waals surface area contributed by atoms with Crippen molar-refractivity contribution in [2.45, 2.75) is 13.0 Å². The molecule has 0 spiro atoms. The van der Waals surface area contributed by atoms with E-state index >= 15 is 0 Å². The molecule has 1 aromatic heterocycles. The number of nitrogens with one attached hydrogen (secondary N) is 1. The van der Waals surface area contributed by atoms with Crippen LogP contribution in [0.1, 0.15) is 22.3 Å². The lowest BCUT2D eigenvalue weighted by Gasteiger charge is -2.09. The average Bonchev–Trinajstić information content (AvgIpc) is 2.62. The molecule has 1 aromatic carbocycles. The van der Waals surface area contributed by atoms with Gasteiger partial charge in [0.05, 0.1) is 7.11 Å². The van der Waals surface area contributed by atoms with Crippen molar-refractivity contribution in [1.29, 1.82) is 0 Å². The lowest BCUT2D eigenvalue weighted by atomic mass is 10.1. The van der Waals surface area contributed by atoms with Crippen molar-refractivity contribution in [1.82, 2.24) is 9.55 Å². The number of aromatic nitrogens is 2. The highest BCUT2D eigenvalue weighted by molar-refractivity contribution is 6.08. The summed E-state index contributed by atoms with van der Waals surface area (Å²) >= 11 is 0. The third kappa shape index (κ3) is 4.64. The normalized spacial score (nSPS) is 11.0. The zero-order chi connectivity index (χ0) is 20.0. The Bertz CT molecular complexity index is 973.